The van der Waals surface area contributed by atoms with Gasteiger partial charge in [-0.1, -0.05) is 57.7 Å². The highest BCUT2D eigenvalue weighted by molar-refractivity contribution is 7.99. The van der Waals surface area contributed by atoms with Gasteiger partial charge in [0.05, 0.1) is 12.2 Å². The van der Waals surface area contributed by atoms with E-state index in [0.717, 1.165) is 67.3 Å². The van der Waals surface area contributed by atoms with Crippen LogP contribution in [0.25, 0.3) is 5.69 Å². The van der Waals surface area contributed by atoms with E-state index in [9.17, 15) is 4.79 Å². The predicted molar refractivity (Wildman–Crippen MR) is 138 cm³/mol. The Balaban J connectivity index is 1.44. The highest BCUT2D eigenvalue weighted by Crippen LogP contribution is 2.60. The van der Waals surface area contributed by atoms with Crippen molar-refractivity contribution < 1.29 is 4.79 Å². The molecule has 0 spiro atoms. The van der Waals surface area contributed by atoms with Crippen LogP contribution in [0.4, 0.5) is 0 Å². The fraction of sp³-hybridized carbons (Fsp3) is 0.679. The zero-order valence-corrected chi connectivity index (χ0v) is 22.1. The summed E-state index contributed by atoms with van der Waals surface area (Å²) >= 11 is 1.78. The normalized spacial score (nSPS) is 28.3. The molecule has 0 unspecified atom stereocenters. The number of aromatic nitrogens is 3. The summed E-state index contributed by atoms with van der Waals surface area (Å²) in [5, 5.41) is 14.0. The summed E-state index contributed by atoms with van der Waals surface area (Å²) in [7, 11) is 0. The quantitative estimate of drug-likeness (QED) is 0.440. The molecule has 1 atom stereocenters. The monoisotopic (exact) mass is 480 g/mol. The SMILES string of the molecule is CCc1cccc(CC)c1-n1c(CNC(=O)C23CC4CC(CC(C4)C2)C3)nnc1S[C@@H](C)CC. The minimum atomic E-state index is -0.135. The largest absolute Gasteiger partial charge is 0.348 e. The van der Waals surface area contributed by atoms with E-state index in [-0.39, 0.29) is 11.3 Å². The molecule has 1 aromatic heterocycles. The highest BCUT2D eigenvalue weighted by atomic mass is 32.2. The number of carbonyl (C=O) groups is 1. The third-order valence-electron chi connectivity index (χ3n) is 8.70. The number of nitrogens with one attached hydrogen (secondary N) is 1. The number of rotatable bonds is 9. The molecule has 6 heteroatoms. The molecule has 184 valence electrons. The van der Waals surface area contributed by atoms with Gasteiger partial charge in [0.1, 0.15) is 0 Å². The first-order valence-corrected chi connectivity index (χ1v) is 14.3. The molecular weight excluding hydrogens is 440 g/mol. The maximum absolute atomic E-state index is 13.6. The molecule has 1 heterocycles. The molecule has 34 heavy (non-hydrogen) atoms. The summed E-state index contributed by atoms with van der Waals surface area (Å²) in [5.74, 6) is 3.41. The standard InChI is InChI=1S/C28H40N4OS/c1-5-18(4)34-27-31-30-24(32(27)25-22(6-2)9-8-10-23(25)7-3)17-29-26(33)28-14-19-11-20(15-28)13-21(12-19)16-28/h8-10,18-21H,5-7,11-17H2,1-4H3,(H,29,33)/t18-,19?,20?,21?,28?/m0/s1. The van der Waals surface area contributed by atoms with Gasteiger partial charge in [0, 0.05) is 10.7 Å². The molecular formula is C28H40N4OS. The van der Waals surface area contributed by atoms with Crippen LogP contribution >= 0.6 is 11.8 Å². The minimum Gasteiger partial charge on any atom is -0.348 e. The van der Waals surface area contributed by atoms with Gasteiger partial charge < -0.3 is 5.32 Å². The summed E-state index contributed by atoms with van der Waals surface area (Å²) in [5.41, 5.74) is 3.68. The van der Waals surface area contributed by atoms with Crippen molar-refractivity contribution in [1.29, 1.82) is 0 Å². The second kappa shape index (κ2) is 9.67. The molecule has 4 bridgehead atoms. The molecule has 6 rings (SSSR count). The lowest BCUT2D eigenvalue weighted by Crippen LogP contribution is -2.53. The Morgan fingerprint density at radius 1 is 1.06 bits per heavy atom. The smallest absolute Gasteiger partial charge is 0.226 e. The second-order valence-electron chi connectivity index (χ2n) is 11.1. The molecule has 4 saturated carbocycles. The van der Waals surface area contributed by atoms with Crippen molar-refractivity contribution in [3.63, 3.8) is 0 Å². The van der Waals surface area contributed by atoms with Crippen LogP contribution in [-0.2, 0) is 24.2 Å². The average molecular weight is 481 g/mol. The van der Waals surface area contributed by atoms with Crippen molar-refractivity contribution in [1.82, 2.24) is 20.1 Å². The predicted octanol–water partition coefficient (Wildman–Crippen LogP) is 6.12. The molecule has 1 amide bonds. The van der Waals surface area contributed by atoms with Crippen molar-refractivity contribution in [2.75, 3.05) is 0 Å². The first-order chi connectivity index (χ1) is 16.5. The molecule has 0 saturated heterocycles. The van der Waals surface area contributed by atoms with Crippen LogP contribution in [0.3, 0.4) is 0 Å². The van der Waals surface area contributed by atoms with E-state index < -0.39 is 0 Å². The number of carbonyl (C=O) groups excluding carboxylic acids is 1. The number of nitrogens with zero attached hydrogens (tertiary/aromatic N) is 3. The molecule has 4 aliphatic rings. The van der Waals surface area contributed by atoms with E-state index >= 15 is 0 Å². The minimum absolute atomic E-state index is 0.135. The Hall–Kier alpha value is -1.82. The van der Waals surface area contributed by atoms with Crippen LogP contribution in [-0.4, -0.2) is 25.9 Å². The van der Waals surface area contributed by atoms with Gasteiger partial charge in [-0.05, 0) is 86.7 Å². The Morgan fingerprint density at radius 2 is 1.65 bits per heavy atom. The van der Waals surface area contributed by atoms with Gasteiger partial charge in [-0.3, -0.25) is 9.36 Å². The number of hydrogen-bond acceptors (Lipinski definition) is 4. The number of amides is 1. The maximum atomic E-state index is 13.6. The van der Waals surface area contributed by atoms with Crippen LogP contribution in [0.15, 0.2) is 23.4 Å². The van der Waals surface area contributed by atoms with E-state index in [0.29, 0.717) is 11.8 Å². The third-order valence-corrected chi connectivity index (χ3v) is 9.91. The van der Waals surface area contributed by atoms with Gasteiger partial charge in [-0.15, -0.1) is 10.2 Å². The van der Waals surface area contributed by atoms with Gasteiger partial charge >= 0.3 is 0 Å². The second-order valence-corrected chi connectivity index (χ2v) is 12.5. The first-order valence-electron chi connectivity index (χ1n) is 13.5. The molecule has 0 radical (unpaired) electrons. The fourth-order valence-electron chi connectivity index (χ4n) is 7.22. The van der Waals surface area contributed by atoms with Gasteiger partial charge in [0.25, 0.3) is 0 Å². The number of benzene rings is 1. The van der Waals surface area contributed by atoms with Crippen LogP contribution in [0.1, 0.15) is 89.6 Å². The van der Waals surface area contributed by atoms with E-state index in [1.54, 1.807) is 11.8 Å². The Labute approximate surface area is 208 Å². The fourth-order valence-corrected chi connectivity index (χ4v) is 8.13. The first kappa shape index (κ1) is 23.9. The van der Waals surface area contributed by atoms with Gasteiger partial charge in [0.2, 0.25) is 5.91 Å². The summed E-state index contributed by atoms with van der Waals surface area (Å²) in [4.78, 5) is 13.6. The van der Waals surface area contributed by atoms with E-state index in [1.807, 2.05) is 0 Å². The van der Waals surface area contributed by atoms with Crippen molar-refractivity contribution in [3.05, 3.63) is 35.2 Å². The number of thioether (sulfide) groups is 1. The van der Waals surface area contributed by atoms with E-state index in [2.05, 4.69) is 66.0 Å². The van der Waals surface area contributed by atoms with Crippen LogP contribution in [0.2, 0.25) is 0 Å². The maximum Gasteiger partial charge on any atom is 0.226 e. The topological polar surface area (TPSA) is 59.8 Å². The van der Waals surface area contributed by atoms with Gasteiger partial charge in [-0.2, -0.15) is 0 Å². The molecule has 4 fully saturated rings. The summed E-state index contributed by atoms with van der Waals surface area (Å²) in [6, 6.07) is 6.58. The lowest BCUT2D eigenvalue weighted by molar-refractivity contribution is -0.146. The highest BCUT2D eigenvalue weighted by Gasteiger charge is 2.54. The third kappa shape index (κ3) is 4.31. The zero-order valence-electron chi connectivity index (χ0n) is 21.3. The summed E-state index contributed by atoms with van der Waals surface area (Å²) in [6.45, 7) is 9.31. The average Bonchev–Trinajstić information content (AvgIpc) is 3.22. The van der Waals surface area contributed by atoms with Crippen LogP contribution < -0.4 is 5.32 Å². The van der Waals surface area contributed by atoms with E-state index in [1.165, 1.54) is 36.1 Å². The molecule has 1 N–H and O–H groups in total. The molecule has 2 aromatic rings. The molecule has 4 aliphatic carbocycles. The van der Waals surface area contributed by atoms with Gasteiger partial charge in [0.15, 0.2) is 11.0 Å². The number of para-hydroxylation sites is 1. The van der Waals surface area contributed by atoms with Crippen molar-refractivity contribution >= 4 is 17.7 Å². The molecule has 1 aromatic carbocycles. The Morgan fingerprint density at radius 3 is 2.18 bits per heavy atom. The molecule has 5 nitrogen and oxygen atoms in total. The van der Waals surface area contributed by atoms with Crippen molar-refractivity contribution in [2.24, 2.45) is 23.2 Å². The number of hydrogen-bond donors (Lipinski definition) is 1. The van der Waals surface area contributed by atoms with E-state index in [4.69, 9.17) is 0 Å². The van der Waals surface area contributed by atoms with Crippen molar-refractivity contribution in [3.8, 4) is 5.69 Å². The van der Waals surface area contributed by atoms with Crippen molar-refractivity contribution in [2.45, 2.75) is 102 Å². The summed E-state index contributed by atoms with van der Waals surface area (Å²) < 4.78 is 2.24. The Bertz CT molecular complexity index is 987. The Kier molecular flexibility index (Phi) is 6.80. The zero-order chi connectivity index (χ0) is 23.9. The summed E-state index contributed by atoms with van der Waals surface area (Å²) in [6.07, 6.45) is 10.3. The lowest BCUT2D eigenvalue weighted by atomic mass is 9.49. The van der Waals surface area contributed by atoms with Crippen LogP contribution in [0, 0.1) is 23.2 Å². The van der Waals surface area contributed by atoms with Gasteiger partial charge in [-0.25, -0.2) is 0 Å². The lowest BCUT2D eigenvalue weighted by Gasteiger charge is -2.55. The molecule has 0 aliphatic heterocycles. The number of aryl methyl sites for hydroxylation is 2. The van der Waals surface area contributed by atoms with Crippen LogP contribution in [0.5, 0.6) is 0 Å².